The van der Waals surface area contributed by atoms with Crippen LogP contribution in [0.25, 0.3) is 0 Å². The number of carbonyl (C=O) groups is 3. The minimum absolute atomic E-state index is 0.0216. The van der Waals surface area contributed by atoms with E-state index in [9.17, 15) is 27.6 Å². The largest absolute Gasteiger partial charge is 0.573 e. The number of anilines is 1. The van der Waals surface area contributed by atoms with E-state index in [0.717, 1.165) is 6.07 Å². The number of carbonyl (C=O) groups excluding carboxylic acids is 3. The predicted octanol–water partition coefficient (Wildman–Crippen LogP) is 4.79. The lowest BCUT2D eigenvalue weighted by Gasteiger charge is -2.26. The van der Waals surface area contributed by atoms with Crippen molar-refractivity contribution < 1.29 is 41.8 Å². The molecule has 1 aliphatic rings. The molecule has 0 aromatic heterocycles. The first-order valence-electron chi connectivity index (χ1n) is 12.9. The van der Waals surface area contributed by atoms with Gasteiger partial charge in [-0.05, 0) is 35.9 Å². The van der Waals surface area contributed by atoms with E-state index in [0.29, 0.717) is 16.5 Å². The molecule has 0 fully saturated rings. The van der Waals surface area contributed by atoms with Gasteiger partial charge in [0, 0.05) is 31.2 Å². The maximum atomic E-state index is 13.7. The van der Waals surface area contributed by atoms with Crippen molar-refractivity contribution >= 4 is 46.6 Å². The molecule has 3 aromatic rings. The van der Waals surface area contributed by atoms with E-state index < -0.39 is 48.3 Å². The van der Waals surface area contributed by atoms with Crippen molar-refractivity contribution in [1.29, 1.82) is 0 Å². The van der Waals surface area contributed by atoms with Gasteiger partial charge in [-0.25, -0.2) is 0 Å². The van der Waals surface area contributed by atoms with E-state index >= 15 is 0 Å². The van der Waals surface area contributed by atoms with Crippen molar-refractivity contribution in [3.8, 4) is 11.5 Å². The lowest BCUT2D eigenvalue weighted by atomic mass is 10.0. The molecule has 9 nitrogen and oxygen atoms in total. The Labute approximate surface area is 254 Å². The average Bonchev–Trinajstić information content (AvgIpc) is 3.07. The predicted molar refractivity (Wildman–Crippen MR) is 153 cm³/mol. The highest BCUT2D eigenvalue weighted by atomic mass is 35.5. The second-order valence-electron chi connectivity index (χ2n) is 9.33. The first-order chi connectivity index (χ1) is 20.5. The van der Waals surface area contributed by atoms with Gasteiger partial charge in [-0.3, -0.25) is 14.4 Å². The van der Waals surface area contributed by atoms with Crippen molar-refractivity contribution in [2.75, 3.05) is 31.8 Å². The summed E-state index contributed by atoms with van der Waals surface area (Å²) in [7, 11) is 1.47. The highest BCUT2D eigenvalue weighted by Gasteiger charge is 2.36. The van der Waals surface area contributed by atoms with Gasteiger partial charge in [0.2, 0.25) is 5.91 Å². The Morgan fingerprint density at radius 2 is 1.81 bits per heavy atom. The van der Waals surface area contributed by atoms with E-state index in [1.807, 2.05) is 0 Å². The van der Waals surface area contributed by atoms with Gasteiger partial charge in [0.1, 0.15) is 30.2 Å². The quantitative estimate of drug-likeness (QED) is 0.330. The van der Waals surface area contributed by atoms with Gasteiger partial charge in [0.25, 0.3) is 11.8 Å². The lowest BCUT2D eigenvalue weighted by Crippen LogP contribution is -2.56. The number of rotatable bonds is 10. The van der Waals surface area contributed by atoms with Crippen LogP contribution in [0.15, 0.2) is 66.7 Å². The third kappa shape index (κ3) is 8.31. The van der Waals surface area contributed by atoms with Gasteiger partial charge in [-0.15, -0.1) is 13.2 Å². The molecule has 14 heteroatoms. The number of hydrogen-bond acceptors (Lipinski definition) is 6. The Morgan fingerprint density at radius 1 is 1.09 bits per heavy atom. The summed E-state index contributed by atoms with van der Waals surface area (Å²) in [6, 6.07) is 13.3. The van der Waals surface area contributed by atoms with Crippen molar-refractivity contribution in [1.82, 2.24) is 10.6 Å². The molecule has 0 spiro atoms. The van der Waals surface area contributed by atoms with Crippen molar-refractivity contribution in [2.24, 2.45) is 0 Å². The van der Waals surface area contributed by atoms with E-state index in [1.54, 1.807) is 24.3 Å². The third-order valence-electron chi connectivity index (χ3n) is 6.38. The molecule has 2 atom stereocenters. The average molecular weight is 640 g/mol. The monoisotopic (exact) mass is 639 g/mol. The fourth-order valence-corrected chi connectivity index (χ4v) is 4.76. The van der Waals surface area contributed by atoms with Gasteiger partial charge in [-0.2, -0.15) is 0 Å². The number of nitrogens with one attached hydrogen (secondary N) is 2. The molecular weight excluding hydrogens is 614 g/mol. The number of fused-ring (bicyclic) bond motifs is 1. The van der Waals surface area contributed by atoms with Crippen LogP contribution >= 0.6 is 23.2 Å². The molecule has 0 radical (unpaired) electrons. The number of alkyl halides is 3. The zero-order valence-corrected chi connectivity index (χ0v) is 24.1. The molecule has 0 unspecified atom stereocenters. The Hall–Kier alpha value is -4.00. The number of ether oxygens (including phenoxy) is 3. The molecule has 3 amide bonds. The number of halogens is 5. The molecule has 0 saturated heterocycles. The van der Waals surface area contributed by atoms with Crippen LogP contribution in [0.1, 0.15) is 15.9 Å². The Morgan fingerprint density at radius 3 is 2.53 bits per heavy atom. The minimum atomic E-state index is -5.00. The Kier molecular flexibility index (Phi) is 10.4. The summed E-state index contributed by atoms with van der Waals surface area (Å²) >= 11 is 12.3. The van der Waals surface area contributed by atoms with Crippen LogP contribution in [-0.2, 0) is 20.7 Å². The smallest absolute Gasteiger partial charge is 0.489 e. The van der Waals surface area contributed by atoms with Crippen LogP contribution in [0, 0.1) is 0 Å². The highest BCUT2D eigenvalue weighted by Crippen LogP contribution is 2.34. The first kappa shape index (κ1) is 31.9. The summed E-state index contributed by atoms with van der Waals surface area (Å²) in [6.07, 6.45) is -5.42. The van der Waals surface area contributed by atoms with Gasteiger partial charge < -0.3 is 29.7 Å². The van der Waals surface area contributed by atoms with Crippen molar-refractivity contribution in [2.45, 2.75) is 24.9 Å². The minimum Gasteiger partial charge on any atom is -0.489 e. The van der Waals surface area contributed by atoms with Crippen molar-refractivity contribution in [3.63, 3.8) is 0 Å². The molecule has 1 aliphatic heterocycles. The zero-order chi connectivity index (χ0) is 31.1. The SMILES string of the molecule is COCCN1C(=O)[C@H](NC(=O)[C@@H](Cc2ccccc2OC(F)(F)F)NC(=O)c2ccccc2Cl)COc2cc(Cl)ccc21. The van der Waals surface area contributed by atoms with E-state index in [4.69, 9.17) is 32.7 Å². The topological polar surface area (TPSA) is 106 Å². The molecule has 0 aliphatic carbocycles. The van der Waals surface area contributed by atoms with Crippen LogP contribution in [0.5, 0.6) is 11.5 Å². The van der Waals surface area contributed by atoms with E-state index in [2.05, 4.69) is 15.4 Å². The zero-order valence-electron chi connectivity index (χ0n) is 22.6. The summed E-state index contributed by atoms with van der Waals surface area (Å²) in [6.45, 7) is -0.00411. The number of amides is 3. The summed E-state index contributed by atoms with van der Waals surface area (Å²) in [4.78, 5) is 41.8. The molecule has 3 aromatic carbocycles. The second kappa shape index (κ2) is 14.0. The summed E-state index contributed by atoms with van der Waals surface area (Å²) < 4.78 is 54.3. The number of benzene rings is 3. The Bertz CT molecular complexity index is 1490. The standard InChI is InChI=1S/C29H26Cl2F3N3O6/c1-41-13-12-37-23-11-10-18(30)15-25(23)42-16-22(28(37)40)36-27(39)21(35-26(38)19-7-3-4-8-20(19)31)14-17-6-2-5-9-24(17)43-29(32,33)34/h2-11,15,21-22H,12-14,16H2,1H3,(H,35,38)(H,36,39)/t21-,22-/m1/s1. The summed E-state index contributed by atoms with van der Waals surface area (Å²) in [5.74, 6) is -2.40. The molecule has 228 valence electrons. The van der Waals surface area contributed by atoms with Gasteiger partial charge >= 0.3 is 6.36 Å². The normalized spacial score (nSPS) is 15.5. The van der Waals surface area contributed by atoms with Gasteiger partial charge in [-0.1, -0.05) is 53.5 Å². The molecule has 0 bridgehead atoms. The molecule has 4 rings (SSSR count). The summed E-state index contributed by atoms with van der Waals surface area (Å²) in [5.41, 5.74) is 0.422. The third-order valence-corrected chi connectivity index (χ3v) is 6.95. The highest BCUT2D eigenvalue weighted by molar-refractivity contribution is 6.33. The fraction of sp³-hybridized carbons (Fsp3) is 0.276. The molecular formula is C29H26Cl2F3N3O6. The molecule has 43 heavy (non-hydrogen) atoms. The Balaban J connectivity index is 1.63. The van der Waals surface area contributed by atoms with Crippen LogP contribution in [0.4, 0.5) is 18.9 Å². The van der Waals surface area contributed by atoms with Crippen LogP contribution in [0.2, 0.25) is 10.0 Å². The van der Waals surface area contributed by atoms with Crippen LogP contribution in [0.3, 0.4) is 0 Å². The van der Waals surface area contributed by atoms with Gasteiger partial charge in [0.05, 0.1) is 22.9 Å². The first-order valence-corrected chi connectivity index (χ1v) is 13.6. The maximum Gasteiger partial charge on any atom is 0.573 e. The van der Waals surface area contributed by atoms with Crippen LogP contribution < -0.4 is 25.0 Å². The van der Waals surface area contributed by atoms with Crippen LogP contribution in [-0.4, -0.2) is 63.0 Å². The second-order valence-corrected chi connectivity index (χ2v) is 10.2. The van der Waals surface area contributed by atoms with E-state index in [1.165, 1.54) is 48.4 Å². The number of para-hydroxylation sites is 1. The maximum absolute atomic E-state index is 13.7. The summed E-state index contributed by atoms with van der Waals surface area (Å²) in [5, 5.41) is 5.57. The number of nitrogens with zero attached hydrogens (tertiary/aromatic N) is 1. The lowest BCUT2D eigenvalue weighted by molar-refractivity contribution is -0.274. The molecule has 2 N–H and O–H groups in total. The van der Waals surface area contributed by atoms with Gasteiger partial charge in [0.15, 0.2) is 0 Å². The van der Waals surface area contributed by atoms with Crippen molar-refractivity contribution in [3.05, 3.63) is 87.9 Å². The number of methoxy groups -OCH3 is 1. The number of hydrogen-bond donors (Lipinski definition) is 2. The van der Waals surface area contributed by atoms with E-state index in [-0.39, 0.29) is 35.9 Å². The fourth-order valence-electron chi connectivity index (χ4n) is 4.37. The molecule has 1 heterocycles. The molecule has 0 saturated carbocycles.